The fourth-order valence-electron chi connectivity index (χ4n) is 2.69. The van der Waals surface area contributed by atoms with Crippen molar-refractivity contribution in [2.24, 2.45) is 0 Å². The molecule has 1 heterocycles. The lowest BCUT2D eigenvalue weighted by atomic mass is 10.0. The Hall–Kier alpha value is -1.57. The Kier molecular flexibility index (Phi) is 4.99. The summed E-state index contributed by atoms with van der Waals surface area (Å²) >= 11 is 0. The van der Waals surface area contributed by atoms with Gasteiger partial charge in [0.1, 0.15) is 5.75 Å². The predicted octanol–water partition coefficient (Wildman–Crippen LogP) is 5.20. The van der Waals surface area contributed by atoms with Crippen LogP contribution >= 0.6 is 0 Å². The van der Waals surface area contributed by atoms with Crippen molar-refractivity contribution < 1.29 is 4.74 Å². The second-order valence-electron chi connectivity index (χ2n) is 5.54. The van der Waals surface area contributed by atoms with Crippen LogP contribution in [0.25, 0.3) is 10.8 Å². The summed E-state index contributed by atoms with van der Waals surface area (Å²) < 4.78 is 6.29. The van der Waals surface area contributed by atoms with Gasteiger partial charge in [-0.1, -0.05) is 26.7 Å². The maximum absolute atomic E-state index is 6.29. The second-order valence-corrected chi connectivity index (χ2v) is 5.54. The van der Waals surface area contributed by atoms with Crippen LogP contribution < -0.4 is 4.74 Å². The normalized spacial score (nSPS) is 11.2. The summed E-state index contributed by atoms with van der Waals surface area (Å²) in [5.74, 6) is 1.04. The van der Waals surface area contributed by atoms with Crippen LogP contribution in [0.1, 0.15) is 50.7 Å². The Morgan fingerprint density at radius 3 is 2.45 bits per heavy atom. The number of rotatable bonds is 6. The van der Waals surface area contributed by atoms with E-state index in [1.54, 1.807) is 0 Å². The summed E-state index contributed by atoms with van der Waals surface area (Å²) in [7, 11) is 0. The first kappa shape index (κ1) is 14.8. The lowest BCUT2D eigenvalue weighted by Gasteiger charge is -2.21. The van der Waals surface area contributed by atoms with E-state index in [1.165, 1.54) is 34.7 Å². The van der Waals surface area contributed by atoms with Crippen molar-refractivity contribution in [3.63, 3.8) is 0 Å². The molecule has 20 heavy (non-hydrogen) atoms. The smallest absolute Gasteiger partial charge is 0.123 e. The van der Waals surface area contributed by atoms with E-state index < -0.39 is 0 Å². The van der Waals surface area contributed by atoms with Crippen molar-refractivity contribution in [3.05, 3.63) is 35.7 Å². The van der Waals surface area contributed by atoms with Crippen molar-refractivity contribution >= 4 is 10.8 Å². The maximum atomic E-state index is 6.29. The molecule has 0 saturated carbocycles. The number of pyridine rings is 1. The molecule has 0 N–H and O–H groups in total. The molecule has 0 spiro atoms. The topological polar surface area (TPSA) is 22.1 Å². The molecule has 1 aromatic heterocycles. The maximum Gasteiger partial charge on any atom is 0.123 e. The zero-order valence-electron chi connectivity index (χ0n) is 13.1. The predicted molar refractivity (Wildman–Crippen MR) is 85.4 cm³/mol. The Morgan fingerprint density at radius 2 is 1.80 bits per heavy atom. The van der Waals surface area contributed by atoms with Crippen molar-refractivity contribution in [2.75, 3.05) is 0 Å². The highest BCUT2D eigenvalue weighted by Crippen LogP contribution is 2.31. The molecule has 0 aliphatic carbocycles. The van der Waals surface area contributed by atoms with E-state index in [0.717, 1.165) is 18.6 Å². The van der Waals surface area contributed by atoms with Gasteiger partial charge in [-0.2, -0.15) is 0 Å². The van der Waals surface area contributed by atoms with Gasteiger partial charge < -0.3 is 4.74 Å². The van der Waals surface area contributed by atoms with Gasteiger partial charge in [-0.15, -0.1) is 0 Å². The van der Waals surface area contributed by atoms with Crippen molar-refractivity contribution in [1.29, 1.82) is 0 Å². The van der Waals surface area contributed by atoms with E-state index in [1.807, 2.05) is 12.4 Å². The third-order valence-corrected chi connectivity index (χ3v) is 3.99. The van der Waals surface area contributed by atoms with Gasteiger partial charge >= 0.3 is 0 Å². The molecule has 0 unspecified atom stereocenters. The largest absolute Gasteiger partial charge is 0.490 e. The minimum atomic E-state index is 0.336. The molecule has 0 atom stereocenters. The molecule has 0 saturated heterocycles. The molecular formula is C18H25NO. The van der Waals surface area contributed by atoms with E-state index in [-0.39, 0.29) is 0 Å². The van der Waals surface area contributed by atoms with Crippen LogP contribution in [0.15, 0.2) is 24.5 Å². The van der Waals surface area contributed by atoms with Gasteiger partial charge in [0.05, 0.1) is 6.10 Å². The minimum absolute atomic E-state index is 0.336. The number of hydrogen-bond donors (Lipinski definition) is 0. The molecule has 108 valence electrons. The molecule has 0 fully saturated rings. The van der Waals surface area contributed by atoms with Crippen molar-refractivity contribution in [1.82, 2.24) is 4.98 Å². The Morgan fingerprint density at radius 1 is 1.10 bits per heavy atom. The first-order valence-corrected chi connectivity index (χ1v) is 7.67. The third-order valence-electron chi connectivity index (χ3n) is 3.99. The van der Waals surface area contributed by atoms with Crippen LogP contribution in [0.3, 0.4) is 0 Å². The fraction of sp³-hybridized carbons (Fsp3) is 0.500. The molecular weight excluding hydrogens is 246 g/mol. The Bertz CT molecular complexity index is 571. The van der Waals surface area contributed by atoms with Crippen LogP contribution in [0, 0.1) is 13.8 Å². The highest BCUT2D eigenvalue weighted by molar-refractivity contribution is 5.87. The van der Waals surface area contributed by atoms with Gasteiger partial charge in [-0.3, -0.25) is 4.98 Å². The summed E-state index contributed by atoms with van der Waals surface area (Å²) in [6, 6.07) is 4.22. The molecule has 2 heteroatoms. The molecule has 0 aliphatic rings. The lowest BCUT2D eigenvalue weighted by molar-refractivity contribution is 0.178. The standard InChI is InChI=1S/C18H25NO/c1-5-7-16(8-6-2)20-18-11-15-9-10-19-12-17(15)13(3)14(18)4/h9-12,16H,5-8H2,1-4H3. The molecule has 0 amide bonds. The van der Waals surface area contributed by atoms with Gasteiger partial charge in [-0.05, 0) is 55.3 Å². The quantitative estimate of drug-likeness (QED) is 0.720. The van der Waals surface area contributed by atoms with E-state index in [4.69, 9.17) is 4.74 Å². The third kappa shape index (κ3) is 3.12. The van der Waals surface area contributed by atoms with Crippen molar-refractivity contribution in [2.45, 2.75) is 59.5 Å². The highest BCUT2D eigenvalue weighted by atomic mass is 16.5. The Balaban J connectivity index is 2.36. The average Bonchev–Trinajstić information content (AvgIpc) is 2.45. The number of nitrogens with zero attached hydrogens (tertiary/aromatic N) is 1. The van der Waals surface area contributed by atoms with E-state index in [0.29, 0.717) is 6.10 Å². The Labute approximate surface area is 122 Å². The van der Waals surface area contributed by atoms with Gasteiger partial charge in [0.25, 0.3) is 0 Å². The van der Waals surface area contributed by atoms with Crippen LogP contribution in [0.5, 0.6) is 5.75 Å². The minimum Gasteiger partial charge on any atom is -0.490 e. The summed E-state index contributed by atoms with van der Waals surface area (Å²) in [5, 5.41) is 2.43. The van der Waals surface area contributed by atoms with Crippen molar-refractivity contribution in [3.8, 4) is 5.75 Å². The summed E-state index contributed by atoms with van der Waals surface area (Å²) in [4.78, 5) is 4.22. The SMILES string of the molecule is CCCC(CCC)Oc1cc2ccncc2c(C)c1C. The zero-order valence-corrected chi connectivity index (χ0v) is 13.1. The zero-order chi connectivity index (χ0) is 14.5. The molecule has 0 bridgehead atoms. The van der Waals surface area contributed by atoms with Gasteiger partial charge in [-0.25, -0.2) is 0 Å². The van der Waals surface area contributed by atoms with Gasteiger partial charge in [0.2, 0.25) is 0 Å². The summed E-state index contributed by atoms with van der Waals surface area (Å²) in [6.45, 7) is 8.74. The summed E-state index contributed by atoms with van der Waals surface area (Å²) in [6.07, 6.45) is 8.71. The second kappa shape index (κ2) is 6.74. The fourth-order valence-corrected chi connectivity index (χ4v) is 2.69. The summed E-state index contributed by atoms with van der Waals surface area (Å²) in [5.41, 5.74) is 2.51. The van der Waals surface area contributed by atoms with E-state index in [9.17, 15) is 0 Å². The molecule has 0 radical (unpaired) electrons. The molecule has 0 aliphatic heterocycles. The number of aromatic nitrogens is 1. The number of hydrogen-bond acceptors (Lipinski definition) is 2. The average molecular weight is 271 g/mol. The highest BCUT2D eigenvalue weighted by Gasteiger charge is 2.13. The first-order valence-electron chi connectivity index (χ1n) is 7.67. The number of fused-ring (bicyclic) bond motifs is 1. The molecule has 2 aromatic rings. The van der Waals surface area contributed by atoms with Crippen LogP contribution in [-0.4, -0.2) is 11.1 Å². The lowest BCUT2D eigenvalue weighted by Crippen LogP contribution is -2.16. The molecule has 2 rings (SSSR count). The number of benzene rings is 1. The van der Waals surface area contributed by atoms with Crippen LogP contribution in [-0.2, 0) is 0 Å². The first-order chi connectivity index (χ1) is 9.67. The van der Waals surface area contributed by atoms with Gasteiger partial charge in [0.15, 0.2) is 0 Å². The van der Waals surface area contributed by atoms with Crippen LogP contribution in [0.2, 0.25) is 0 Å². The number of aryl methyl sites for hydroxylation is 1. The van der Waals surface area contributed by atoms with E-state index >= 15 is 0 Å². The monoisotopic (exact) mass is 271 g/mol. The van der Waals surface area contributed by atoms with E-state index in [2.05, 4.69) is 44.8 Å². The van der Waals surface area contributed by atoms with Crippen LogP contribution in [0.4, 0.5) is 0 Å². The molecule has 1 aromatic carbocycles. The number of ether oxygens (including phenoxy) is 1. The van der Waals surface area contributed by atoms with Gasteiger partial charge in [0, 0.05) is 17.8 Å². The molecule has 2 nitrogen and oxygen atoms in total.